The van der Waals surface area contributed by atoms with Crippen LogP contribution in [-0.2, 0) is 15.4 Å². The summed E-state index contributed by atoms with van der Waals surface area (Å²) in [5.74, 6) is 0.244. The van der Waals surface area contributed by atoms with Gasteiger partial charge in [0.1, 0.15) is 5.75 Å². The molecule has 20 heavy (non-hydrogen) atoms. The molecule has 0 heterocycles. The molecule has 4 nitrogen and oxygen atoms in total. The van der Waals surface area contributed by atoms with Crippen LogP contribution in [0.1, 0.15) is 52.7 Å². The van der Waals surface area contributed by atoms with Gasteiger partial charge in [-0.2, -0.15) is 0 Å². The van der Waals surface area contributed by atoms with E-state index in [1.807, 2.05) is 32.9 Å². The number of rotatable bonds is 2. The van der Waals surface area contributed by atoms with Gasteiger partial charge in [0.25, 0.3) is 0 Å². The van der Waals surface area contributed by atoms with E-state index in [9.17, 15) is 4.57 Å². The Bertz CT molecular complexity index is 509. The van der Waals surface area contributed by atoms with E-state index in [0.717, 1.165) is 11.1 Å². The van der Waals surface area contributed by atoms with Crippen LogP contribution >= 0.6 is 7.82 Å². The van der Waals surface area contributed by atoms with E-state index in [2.05, 4.69) is 20.8 Å². The van der Waals surface area contributed by atoms with Crippen molar-refractivity contribution in [3.8, 4) is 5.75 Å². The fourth-order valence-corrected chi connectivity index (χ4v) is 2.21. The molecule has 2 N–H and O–H groups in total. The molecule has 0 aliphatic rings. The second kappa shape index (κ2) is 6.51. The average molecular weight is 310 g/mol. The summed E-state index contributed by atoms with van der Waals surface area (Å²) in [5, 5.41) is 0. The molecule has 0 atom stereocenters. The van der Waals surface area contributed by atoms with Crippen LogP contribution in [0, 0.1) is 0 Å². The maximum absolute atomic E-state index is 11.0. The normalized spacial score (nSPS) is 12.8. The Morgan fingerprint density at radius 3 is 1.85 bits per heavy atom. The Labute approximate surface area is 143 Å². The molecular formula is C14H24NaO4P. The molecule has 0 saturated heterocycles. The molecule has 0 spiro atoms. The molecule has 0 radical (unpaired) electrons. The zero-order chi connectivity index (χ0) is 15.1. The molecule has 110 valence electrons. The first-order valence-corrected chi connectivity index (χ1v) is 7.74. The predicted octanol–water partition coefficient (Wildman–Crippen LogP) is 3.10. The molecule has 0 bridgehead atoms. The van der Waals surface area contributed by atoms with Crippen molar-refractivity contribution in [3.63, 3.8) is 0 Å². The zero-order valence-corrected chi connectivity index (χ0v) is 13.3. The van der Waals surface area contributed by atoms with E-state index >= 15 is 0 Å². The standard InChI is InChI=1S/C14H23O4P.Na.H/c1-13(2,3)10-7-8-12(18-19(15,16)17)11(9-10)14(4,5)6;;/h7-9H,1-6H3,(H2,15,16,17);;. The van der Waals surface area contributed by atoms with Gasteiger partial charge >= 0.3 is 37.4 Å². The summed E-state index contributed by atoms with van der Waals surface area (Å²) in [5.41, 5.74) is 1.62. The molecule has 6 heteroatoms. The van der Waals surface area contributed by atoms with Gasteiger partial charge in [-0.1, -0.05) is 53.7 Å². The fraction of sp³-hybridized carbons (Fsp3) is 0.571. The van der Waals surface area contributed by atoms with Crippen LogP contribution in [0.5, 0.6) is 5.75 Å². The molecule has 0 aromatic heterocycles. The van der Waals surface area contributed by atoms with Crippen molar-refractivity contribution >= 4 is 37.4 Å². The average Bonchev–Trinajstić information content (AvgIpc) is 2.11. The number of benzene rings is 1. The zero-order valence-electron chi connectivity index (χ0n) is 12.4. The van der Waals surface area contributed by atoms with Crippen LogP contribution < -0.4 is 4.52 Å². The molecule has 1 aromatic rings. The molecule has 0 aliphatic carbocycles. The van der Waals surface area contributed by atoms with Gasteiger partial charge in [0.05, 0.1) is 0 Å². The van der Waals surface area contributed by atoms with Crippen LogP contribution in [0.15, 0.2) is 18.2 Å². The quantitative estimate of drug-likeness (QED) is 0.650. The Hall–Kier alpha value is 0.170. The van der Waals surface area contributed by atoms with Crippen molar-refractivity contribution in [2.45, 2.75) is 52.4 Å². The van der Waals surface area contributed by atoms with Crippen LogP contribution in [0.2, 0.25) is 0 Å². The van der Waals surface area contributed by atoms with Crippen LogP contribution in [0.25, 0.3) is 0 Å². The molecular weight excluding hydrogens is 286 g/mol. The number of hydrogen-bond acceptors (Lipinski definition) is 2. The number of phosphoric acid groups is 1. The SMILES string of the molecule is CC(C)(C)c1ccc(OP(=O)(O)O)c(C(C)(C)C)c1.[NaH]. The van der Waals surface area contributed by atoms with Crippen molar-refractivity contribution in [2.24, 2.45) is 0 Å². The second-order valence-electron chi connectivity index (χ2n) is 6.79. The minimum absolute atomic E-state index is 0. The van der Waals surface area contributed by atoms with E-state index in [0.29, 0.717) is 0 Å². The van der Waals surface area contributed by atoms with E-state index in [4.69, 9.17) is 14.3 Å². The summed E-state index contributed by atoms with van der Waals surface area (Å²) in [6.07, 6.45) is 0. The minimum atomic E-state index is -4.54. The van der Waals surface area contributed by atoms with Gasteiger partial charge in [-0.15, -0.1) is 0 Å². The maximum atomic E-state index is 11.0. The van der Waals surface area contributed by atoms with Crippen molar-refractivity contribution < 1.29 is 18.9 Å². The van der Waals surface area contributed by atoms with Crippen molar-refractivity contribution in [3.05, 3.63) is 29.3 Å². The Kier molecular flexibility index (Phi) is 6.57. The van der Waals surface area contributed by atoms with Gasteiger partial charge in [0.15, 0.2) is 0 Å². The van der Waals surface area contributed by atoms with Crippen molar-refractivity contribution in [1.29, 1.82) is 0 Å². The summed E-state index contributed by atoms with van der Waals surface area (Å²) in [4.78, 5) is 18.0. The molecule has 0 fully saturated rings. The first-order valence-electron chi connectivity index (χ1n) is 6.21. The predicted molar refractivity (Wildman–Crippen MR) is 83.7 cm³/mol. The third-order valence-electron chi connectivity index (χ3n) is 2.87. The molecule has 0 aliphatic heterocycles. The van der Waals surface area contributed by atoms with Crippen LogP contribution in [0.4, 0.5) is 0 Å². The summed E-state index contributed by atoms with van der Waals surface area (Å²) in [6.45, 7) is 12.2. The summed E-state index contributed by atoms with van der Waals surface area (Å²) in [7, 11) is -4.54. The van der Waals surface area contributed by atoms with E-state index < -0.39 is 7.82 Å². The molecule has 0 saturated carbocycles. The topological polar surface area (TPSA) is 66.8 Å². The monoisotopic (exact) mass is 310 g/mol. The number of hydrogen-bond donors (Lipinski definition) is 2. The summed E-state index contributed by atoms with van der Waals surface area (Å²) < 4.78 is 15.8. The molecule has 0 unspecified atom stereocenters. The van der Waals surface area contributed by atoms with Crippen molar-refractivity contribution in [2.75, 3.05) is 0 Å². The first-order chi connectivity index (χ1) is 8.31. The first kappa shape index (κ1) is 20.2. The van der Waals surface area contributed by atoms with Gasteiger partial charge in [-0.05, 0) is 22.5 Å². The van der Waals surface area contributed by atoms with Gasteiger partial charge in [0, 0.05) is 5.56 Å². The summed E-state index contributed by atoms with van der Waals surface area (Å²) >= 11 is 0. The van der Waals surface area contributed by atoms with E-state index in [1.165, 1.54) is 0 Å². The summed E-state index contributed by atoms with van der Waals surface area (Å²) in [6, 6.07) is 5.45. The number of phosphoric ester groups is 1. The van der Waals surface area contributed by atoms with Gasteiger partial charge in [0.2, 0.25) is 0 Å². The van der Waals surface area contributed by atoms with Gasteiger partial charge in [-0.25, -0.2) is 4.57 Å². The Morgan fingerprint density at radius 2 is 1.50 bits per heavy atom. The van der Waals surface area contributed by atoms with Crippen LogP contribution in [-0.4, -0.2) is 39.3 Å². The molecule has 1 rings (SSSR count). The molecule has 1 aromatic carbocycles. The van der Waals surface area contributed by atoms with E-state index in [-0.39, 0.29) is 46.1 Å². The molecule has 0 amide bonds. The van der Waals surface area contributed by atoms with E-state index in [1.54, 1.807) is 6.07 Å². The van der Waals surface area contributed by atoms with Gasteiger partial charge in [-0.3, -0.25) is 9.79 Å². The third kappa shape index (κ3) is 5.88. The van der Waals surface area contributed by atoms with Gasteiger partial charge < -0.3 is 4.52 Å². The van der Waals surface area contributed by atoms with Crippen molar-refractivity contribution in [1.82, 2.24) is 0 Å². The third-order valence-corrected chi connectivity index (χ3v) is 3.31. The fourth-order valence-electron chi connectivity index (χ4n) is 1.79. The van der Waals surface area contributed by atoms with Crippen LogP contribution in [0.3, 0.4) is 0 Å². The second-order valence-corrected chi connectivity index (χ2v) is 7.96. The Morgan fingerprint density at radius 1 is 1.00 bits per heavy atom. The Balaban J connectivity index is 0.00000361.